The van der Waals surface area contributed by atoms with Gasteiger partial charge in [0.05, 0.1) is 6.61 Å². The van der Waals surface area contributed by atoms with Crippen LogP contribution in [0.5, 0.6) is 0 Å². The molecule has 118 valence electrons. The van der Waals surface area contributed by atoms with Crippen LogP contribution in [0.4, 0.5) is 5.69 Å². The van der Waals surface area contributed by atoms with Crippen LogP contribution in [-0.2, 0) is 16.1 Å². The van der Waals surface area contributed by atoms with Gasteiger partial charge in [0, 0.05) is 42.8 Å². The van der Waals surface area contributed by atoms with Crippen molar-refractivity contribution in [2.24, 2.45) is 0 Å². The quantitative estimate of drug-likeness (QED) is 0.842. The summed E-state index contributed by atoms with van der Waals surface area (Å²) in [4.78, 5) is 12.0. The highest BCUT2D eigenvalue weighted by Crippen LogP contribution is 2.14. The fourth-order valence-corrected chi connectivity index (χ4v) is 3.09. The van der Waals surface area contributed by atoms with Crippen LogP contribution in [0.1, 0.15) is 18.9 Å². The van der Waals surface area contributed by atoms with E-state index in [0.29, 0.717) is 25.7 Å². The van der Waals surface area contributed by atoms with Gasteiger partial charge in [0.2, 0.25) is 5.91 Å². The molecule has 1 aliphatic heterocycles. The maximum absolute atomic E-state index is 12.0. The Morgan fingerprint density at radius 3 is 3.10 bits per heavy atom. The Balaban J connectivity index is 0.00000220. The highest BCUT2D eigenvalue weighted by molar-refractivity contribution is 7.99. The number of thioether (sulfide) groups is 1. The molecule has 4 nitrogen and oxygen atoms in total. The molecular weight excluding hydrogens is 308 g/mol. The number of rotatable bonds is 6. The van der Waals surface area contributed by atoms with E-state index in [2.05, 4.69) is 10.6 Å². The average molecular weight is 331 g/mol. The molecule has 0 bridgehead atoms. The number of nitrogens with one attached hydrogen (secondary N) is 2. The van der Waals surface area contributed by atoms with E-state index in [1.165, 1.54) is 0 Å². The van der Waals surface area contributed by atoms with Gasteiger partial charge in [-0.25, -0.2) is 0 Å². The highest BCUT2D eigenvalue weighted by Gasteiger charge is 2.16. The van der Waals surface area contributed by atoms with Crippen molar-refractivity contribution in [3.63, 3.8) is 0 Å². The fourth-order valence-electron chi connectivity index (χ4n) is 2.15. The third-order valence-corrected chi connectivity index (χ3v) is 4.24. The van der Waals surface area contributed by atoms with Gasteiger partial charge < -0.3 is 15.4 Å². The second kappa shape index (κ2) is 10.1. The normalized spacial score (nSPS) is 17.9. The number of amides is 1. The molecule has 1 aromatic carbocycles. The zero-order valence-corrected chi connectivity index (χ0v) is 13.9. The average Bonchev–Trinajstić information content (AvgIpc) is 2.46. The van der Waals surface area contributed by atoms with Gasteiger partial charge in [0.1, 0.15) is 0 Å². The van der Waals surface area contributed by atoms with E-state index in [9.17, 15) is 4.79 Å². The van der Waals surface area contributed by atoms with Crippen LogP contribution in [0.15, 0.2) is 24.3 Å². The molecule has 21 heavy (non-hydrogen) atoms. The van der Waals surface area contributed by atoms with Crippen molar-refractivity contribution in [3.05, 3.63) is 29.8 Å². The predicted molar refractivity (Wildman–Crippen MR) is 91.4 cm³/mol. The van der Waals surface area contributed by atoms with E-state index < -0.39 is 0 Å². The molecule has 0 aromatic heterocycles. The standard InChI is InChI=1S/C15H22N2O2S.ClH/c1-2-19-10-12-4-3-5-13(8-12)17-15(18)9-14-11-20-7-6-16-14;/h3-5,8,14,16H,2,6-7,9-11H2,1H3,(H,17,18);1H. The number of hydrogen-bond acceptors (Lipinski definition) is 4. The van der Waals surface area contributed by atoms with Crippen molar-refractivity contribution in [1.29, 1.82) is 0 Å². The minimum absolute atomic E-state index is 0. The van der Waals surface area contributed by atoms with Crippen LogP contribution in [0.2, 0.25) is 0 Å². The second-order valence-corrected chi connectivity index (χ2v) is 5.97. The first kappa shape index (κ1) is 18.3. The van der Waals surface area contributed by atoms with Gasteiger partial charge in [-0.1, -0.05) is 12.1 Å². The first-order chi connectivity index (χ1) is 9.78. The lowest BCUT2D eigenvalue weighted by Crippen LogP contribution is -2.39. The summed E-state index contributed by atoms with van der Waals surface area (Å²) < 4.78 is 5.38. The van der Waals surface area contributed by atoms with E-state index in [-0.39, 0.29) is 18.3 Å². The highest BCUT2D eigenvalue weighted by atomic mass is 35.5. The first-order valence-electron chi connectivity index (χ1n) is 7.05. The summed E-state index contributed by atoms with van der Waals surface area (Å²) in [6, 6.07) is 8.12. The van der Waals surface area contributed by atoms with E-state index >= 15 is 0 Å². The van der Waals surface area contributed by atoms with Gasteiger partial charge in [0.25, 0.3) is 0 Å². The summed E-state index contributed by atoms with van der Waals surface area (Å²) in [6.07, 6.45) is 0.530. The Morgan fingerprint density at radius 2 is 2.38 bits per heavy atom. The largest absolute Gasteiger partial charge is 0.377 e. The van der Waals surface area contributed by atoms with Crippen molar-refractivity contribution < 1.29 is 9.53 Å². The van der Waals surface area contributed by atoms with Gasteiger partial charge in [-0.3, -0.25) is 4.79 Å². The number of halogens is 1. The van der Waals surface area contributed by atoms with Crippen molar-refractivity contribution in [2.45, 2.75) is 26.0 Å². The lowest BCUT2D eigenvalue weighted by atomic mass is 10.2. The predicted octanol–water partition coefficient (Wildman–Crippen LogP) is 2.68. The summed E-state index contributed by atoms with van der Waals surface area (Å²) in [5, 5.41) is 6.34. The number of anilines is 1. The summed E-state index contributed by atoms with van der Waals surface area (Å²) in [6.45, 7) is 4.25. The molecule has 1 saturated heterocycles. The topological polar surface area (TPSA) is 50.4 Å². The summed E-state index contributed by atoms with van der Waals surface area (Å²) >= 11 is 1.90. The monoisotopic (exact) mass is 330 g/mol. The van der Waals surface area contributed by atoms with Crippen molar-refractivity contribution in [2.75, 3.05) is 30.0 Å². The lowest BCUT2D eigenvalue weighted by Gasteiger charge is -2.22. The summed E-state index contributed by atoms with van der Waals surface area (Å²) in [5.41, 5.74) is 1.92. The van der Waals surface area contributed by atoms with Crippen LogP contribution in [0.25, 0.3) is 0 Å². The van der Waals surface area contributed by atoms with Gasteiger partial charge in [-0.2, -0.15) is 11.8 Å². The Kier molecular flexibility index (Phi) is 8.76. The molecule has 1 aromatic rings. The molecule has 2 rings (SSSR count). The Bertz CT molecular complexity index is 439. The van der Waals surface area contributed by atoms with Gasteiger partial charge >= 0.3 is 0 Å². The molecule has 0 aliphatic carbocycles. The second-order valence-electron chi connectivity index (χ2n) is 4.82. The molecule has 1 atom stereocenters. The van der Waals surface area contributed by atoms with Crippen LogP contribution >= 0.6 is 24.2 Å². The molecule has 0 spiro atoms. The van der Waals surface area contributed by atoms with Gasteiger partial charge in [0.15, 0.2) is 0 Å². The maximum Gasteiger partial charge on any atom is 0.225 e. The Labute approximate surface area is 136 Å². The molecule has 1 unspecified atom stereocenters. The lowest BCUT2D eigenvalue weighted by molar-refractivity contribution is -0.116. The van der Waals surface area contributed by atoms with Crippen LogP contribution < -0.4 is 10.6 Å². The minimum Gasteiger partial charge on any atom is -0.377 e. The molecule has 6 heteroatoms. The molecule has 1 amide bonds. The molecule has 0 saturated carbocycles. The van der Waals surface area contributed by atoms with Crippen molar-refractivity contribution in [3.8, 4) is 0 Å². The minimum atomic E-state index is 0. The maximum atomic E-state index is 12.0. The first-order valence-corrected chi connectivity index (χ1v) is 8.21. The SMILES string of the molecule is CCOCc1cccc(NC(=O)CC2CSCCN2)c1.Cl. The van der Waals surface area contributed by atoms with E-state index in [4.69, 9.17) is 4.74 Å². The van der Waals surface area contributed by atoms with E-state index in [0.717, 1.165) is 29.3 Å². The Morgan fingerprint density at radius 1 is 1.52 bits per heavy atom. The van der Waals surface area contributed by atoms with Gasteiger partial charge in [-0.05, 0) is 24.6 Å². The molecular formula is C15H23ClN2O2S. The van der Waals surface area contributed by atoms with Crippen LogP contribution in [-0.4, -0.2) is 36.6 Å². The fraction of sp³-hybridized carbons (Fsp3) is 0.533. The number of ether oxygens (including phenoxy) is 1. The molecule has 1 fully saturated rings. The molecule has 0 radical (unpaired) electrons. The van der Waals surface area contributed by atoms with Gasteiger partial charge in [-0.15, -0.1) is 12.4 Å². The van der Waals surface area contributed by atoms with E-state index in [1.54, 1.807) is 0 Å². The number of hydrogen-bond donors (Lipinski definition) is 2. The summed E-state index contributed by atoms with van der Waals surface area (Å²) in [5.74, 6) is 2.22. The number of carbonyl (C=O) groups excluding carboxylic acids is 1. The number of carbonyl (C=O) groups is 1. The third-order valence-electron chi connectivity index (χ3n) is 3.11. The molecule has 2 N–H and O–H groups in total. The van der Waals surface area contributed by atoms with Crippen molar-refractivity contribution in [1.82, 2.24) is 5.32 Å². The van der Waals surface area contributed by atoms with Crippen LogP contribution in [0, 0.1) is 0 Å². The van der Waals surface area contributed by atoms with E-state index in [1.807, 2.05) is 43.0 Å². The van der Waals surface area contributed by atoms with Crippen LogP contribution in [0.3, 0.4) is 0 Å². The Hall–Kier alpha value is -0.750. The zero-order valence-electron chi connectivity index (χ0n) is 12.3. The molecule has 1 heterocycles. The molecule has 1 aliphatic rings. The smallest absolute Gasteiger partial charge is 0.225 e. The summed E-state index contributed by atoms with van der Waals surface area (Å²) in [7, 11) is 0. The zero-order chi connectivity index (χ0) is 14.2. The third kappa shape index (κ3) is 6.70. The number of benzene rings is 1. The van der Waals surface area contributed by atoms with Crippen molar-refractivity contribution >= 4 is 35.8 Å².